The van der Waals surface area contributed by atoms with Crippen molar-refractivity contribution in [3.63, 3.8) is 0 Å². The van der Waals surface area contributed by atoms with Gasteiger partial charge in [0.2, 0.25) is 5.91 Å². The SMILES string of the molecule is Cn1c(Cl)cnc1C(Nc1ccc(Cl)cc1)C(N)=O. The highest BCUT2D eigenvalue weighted by atomic mass is 35.5. The quantitative estimate of drug-likeness (QED) is 0.910. The molecule has 3 N–H and O–H groups in total. The van der Waals surface area contributed by atoms with E-state index in [0.717, 1.165) is 0 Å². The predicted molar refractivity (Wildman–Crippen MR) is 75.2 cm³/mol. The molecule has 2 aromatic rings. The van der Waals surface area contributed by atoms with E-state index in [-0.39, 0.29) is 0 Å². The molecule has 0 saturated heterocycles. The van der Waals surface area contributed by atoms with Crippen LogP contribution in [0, 0.1) is 0 Å². The predicted octanol–water partition coefficient (Wildman–Crippen LogP) is 2.37. The second-order valence-corrected chi connectivity index (χ2v) is 4.81. The van der Waals surface area contributed by atoms with Crippen LogP contribution in [0.5, 0.6) is 0 Å². The lowest BCUT2D eigenvalue weighted by Gasteiger charge is -2.16. The van der Waals surface area contributed by atoms with Crippen molar-refractivity contribution < 1.29 is 4.79 Å². The monoisotopic (exact) mass is 298 g/mol. The van der Waals surface area contributed by atoms with Crippen LogP contribution in [0.3, 0.4) is 0 Å². The highest BCUT2D eigenvalue weighted by Gasteiger charge is 2.23. The van der Waals surface area contributed by atoms with Crippen LogP contribution >= 0.6 is 23.2 Å². The van der Waals surface area contributed by atoms with Crippen molar-refractivity contribution in [1.29, 1.82) is 0 Å². The van der Waals surface area contributed by atoms with Crippen molar-refractivity contribution in [3.8, 4) is 0 Å². The van der Waals surface area contributed by atoms with Crippen LogP contribution in [0.4, 0.5) is 5.69 Å². The molecule has 1 aromatic carbocycles. The van der Waals surface area contributed by atoms with Gasteiger partial charge in [0, 0.05) is 17.8 Å². The van der Waals surface area contributed by atoms with Crippen molar-refractivity contribution in [2.24, 2.45) is 12.8 Å². The molecule has 1 unspecified atom stereocenters. The zero-order valence-corrected chi connectivity index (χ0v) is 11.6. The third-order valence-corrected chi connectivity index (χ3v) is 3.27. The summed E-state index contributed by atoms with van der Waals surface area (Å²) in [6.07, 6.45) is 1.47. The van der Waals surface area contributed by atoms with Gasteiger partial charge in [0.05, 0.1) is 6.20 Å². The number of aromatic nitrogens is 2. The van der Waals surface area contributed by atoms with Gasteiger partial charge in [-0.1, -0.05) is 23.2 Å². The highest BCUT2D eigenvalue weighted by Crippen LogP contribution is 2.22. The van der Waals surface area contributed by atoms with Crippen molar-refractivity contribution in [2.75, 3.05) is 5.32 Å². The maximum atomic E-state index is 11.6. The average molecular weight is 299 g/mol. The molecule has 1 heterocycles. The fraction of sp³-hybridized carbons (Fsp3) is 0.167. The maximum Gasteiger partial charge on any atom is 0.247 e. The first-order chi connectivity index (χ1) is 8.99. The molecule has 7 heteroatoms. The van der Waals surface area contributed by atoms with Gasteiger partial charge in [0.25, 0.3) is 0 Å². The van der Waals surface area contributed by atoms with Crippen LogP contribution in [0.25, 0.3) is 0 Å². The van der Waals surface area contributed by atoms with Crippen LogP contribution in [0.2, 0.25) is 10.2 Å². The van der Waals surface area contributed by atoms with E-state index in [0.29, 0.717) is 21.7 Å². The molecule has 0 aliphatic heterocycles. The second kappa shape index (κ2) is 5.50. The van der Waals surface area contributed by atoms with Gasteiger partial charge in [0.1, 0.15) is 11.0 Å². The van der Waals surface area contributed by atoms with Crippen LogP contribution < -0.4 is 11.1 Å². The molecule has 100 valence electrons. The molecule has 5 nitrogen and oxygen atoms in total. The van der Waals surface area contributed by atoms with E-state index in [1.807, 2.05) is 0 Å². The van der Waals surface area contributed by atoms with E-state index in [4.69, 9.17) is 28.9 Å². The molecular formula is C12H12Cl2N4O. The van der Waals surface area contributed by atoms with Gasteiger partial charge >= 0.3 is 0 Å². The van der Waals surface area contributed by atoms with E-state index in [1.165, 1.54) is 6.20 Å². The summed E-state index contributed by atoms with van der Waals surface area (Å²) in [6, 6.07) is 6.17. The van der Waals surface area contributed by atoms with Gasteiger partial charge in [-0.25, -0.2) is 4.98 Å². The minimum absolute atomic E-state index is 0.430. The van der Waals surface area contributed by atoms with E-state index < -0.39 is 11.9 Å². The fourth-order valence-electron chi connectivity index (χ4n) is 1.65. The number of anilines is 1. The van der Waals surface area contributed by atoms with Crippen molar-refractivity contribution >= 4 is 34.8 Å². The highest BCUT2D eigenvalue weighted by molar-refractivity contribution is 6.30. The molecule has 1 amide bonds. The summed E-state index contributed by atoms with van der Waals surface area (Å²) in [6.45, 7) is 0. The standard InChI is InChI=1S/C12H12Cl2N4O/c1-18-9(14)6-16-12(18)10(11(15)19)17-8-4-2-7(13)3-5-8/h2-6,10,17H,1H3,(H2,15,19). The summed E-state index contributed by atoms with van der Waals surface area (Å²) in [5, 5.41) is 4.04. The minimum Gasteiger partial charge on any atom is -0.368 e. The van der Waals surface area contributed by atoms with Gasteiger partial charge in [0.15, 0.2) is 6.04 Å². The average Bonchev–Trinajstić information content (AvgIpc) is 2.69. The molecule has 0 spiro atoms. The van der Waals surface area contributed by atoms with E-state index in [9.17, 15) is 4.79 Å². The number of amides is 1. The Kier molecular flexibility index (Phi) is 3.97. The lowest BCUT2D eigenvalue weighted by atomic mass is 10.2. The normalized spacial score (nSPS) is 12.2. The topological polar surface area (TPSA) is 72.9 Å². The Hall–Kier alpha value is -1.72. The summed E-state index contributed by atoms with van der Waals surface area (Å²) in [5.74, 6) is -0.0900. The third-order valence-electron chi connectivity index (χ3n) is 2.67. The Morgan fingerprint density at radius 1 is 1.37 bits per heavy atom. The second-order valence-electron chi connectivity index (χ2n) is 3.98. The Labute approximate surface area is 120 Å². The molecule has 0 saturated carbocycles. The number of nitrogens with zero attached hydrogens (tertiary/aromatic N) is 2. The van der Waals surface area contributed by atoms with Gasteiger partial charge in [-0.05, 0) is 24.3 Å². The first-order valence-electron chi connectivity index (χ1n) is 5.47. The number of imidazole rings is 1. The van der Waals surface area contributed by atoms with Crippen molar-refractivity contribution in [3.05, 3.63) is 46.5 Å². The number of rotatable bonds is 4. The number of primary amides is 1. The van der Waals surface area contributed by atoms with E-state index in [2.05, 4.69) is 10.3 Å². The molecule has 0 bridgehead atoms. The molecule has 0 aliphatic carbocycles. The first-order valence-corrected chi connectivity index (χ1v) is 6.23. The number of nitrogens with one attached hydrogen (secondary N) is 1. The lowest BCUT2D eigenvalue weighted by Crippen LogP contribution is -2.30. The minimum atomic E-state index is -0.765. The molecule has 0 aliphatic rings. The van der Waals surface area contributed by atoms with Crippen LogP contribution in [-0.4, -0.2) is 15.5 Å². The third kappa shape index (κ3) is 3.00. The molecule has 2 rings (SSSR count). The zero-order valence-electron chi connectivity index (χ0n) is 10.1. The smallest absolute Gasteiger partial charge is 0.247 e. The molecule has 0 fully saturated rings. The van der Waals surface area contributed by atoms with Gasteiger partial charge in [-0.3, -0.25) is 4.79 Å². The number of carbonyl (C=O) groups excluding carboxylic acids is 1. The summed E-state index contributed by atoms with van der Waals surface area (Å²) in [7, 11) is 1.71. The Morgan fingerprint density at radius 3 is 2.47 bits per heavy atom. The number of hydrogen-bond acceptors (Lipinski definition) is 3. The molecule has 0 radical (unpaired) electrons. The largest absolute Gasteiger partial charge is 0.368 e. The number of nitrogens with two attached hydrogens (primary N) is 1. The molecule has 1 aromatic heterocycles. The number of halogens is 2. The van der Waals surface area contributed by atoms with Crippen LogP contribution in [0.1, 0.15) is 11.9 Å². The van der Waals surface area contributed by atoms with E-state index >= 15 is 0 Å². The molecule has 19 heavy (non-hydrogen) atoms. The van der Waals surface area contributed by atoms with Gasteiger partial charge in [-0.15, -0.1) is 0 Å². The van der Waals surface area contributed by atoms with E-state index in [1.54, 1.807) is 35.9 Å². The van der Waals surface area contributed by atoms with Crippen molar-refractivity contribution in [2.45, 2.75) is 6.04 Å². The lowest BCUT2D eigenvalue weighted by molar-refractivity contribution is -0.119. The number of hydrogen-bond donors (Lipinski definition) is 2. The van der Waals surface area contributed by atoms with Crippen LogP contribution in [0.15, 0.2) is 30.5 Å². The first kappa shape index (κ1) is 13.7. The molecule has 1 atom stereocenters. The number of carbonyl (C=O) groups is 1. The molecular weight excluding hydrogens is 287 g/mol. The summed E-state index contributed by atoms with van der Waals surface area (Å²) >= 11 is 11.7. The zero-order chi connectivity index (χ0) is 14.0. The Balaban J connectivity index is 2.29. The Morgan fingerprint density at radius 2 is 2.00 bits per heavy atom. The van der Waals surface area contributed by atoms with Gasteiger partial charge in [-0.2, -0.15) is 0 Å². The summed E-state index contributed by atoms with van der Waals surface area (Å²) in [4.78, 5) is 15.7. The summed E-state index contributed by atoms with van der Waals surface area (Å²) in [5.41, 5.74) is 6.12. The van der Waals surface area contributed by atoms with Gasteiger partial charge < -0.3 is 15.6 Å². The maximum absolute atomic E-state index is 11.6. The van der Waals surface area contributed by atoms with Crippen LogP contribution in [-0.2, 0) is 11.8 Å². The fourth-order valence-corrected chi connectivity index (χ4v) is 1.91. The summed E-state index contributed by atoms with van der Waals surface area (Å²) < 4.78 is 1.60. The van der Waals surface area contributed by atoms with Crippen molar-refractivity contribution in [1.82, 2.24) is 9.55 Å². The Bertz CT molecular complexity index is 594. The number of benzene rings is 1.